The molecule has 0 aliphatic heterocycles. The van der Waals surface area contributed by atoms with Crippen molar-refractivity contribution < 1.29 is 28.6 Å². The van der Waals surface area contributed by atoms with Gasteiger partial charge in [0, 0.05) is 19.3 Å². The average molecular weight is 915 g/mol. The number of rotatable bonds is 47. The lowest BCUT2D eigenvalue weighted by atomic mass is 10.0. The van der Waals surface area contributed by atoms with Gasteiger partial charge in [0.2, 0.25) is 0 Å². The smallest absolute Gasteiger partial charge is 0.306 e. The summed E-state index contributed by atoms with van der Waals surface area (Å²) in [5.41, 5.74) is 0. The number of unbranched alkanes of at least 4 members (excludes halogenated alkanes) is 18. The van der Waals surface area contributed by atoms with E-state index in [1.54, 1.807) is 0 Å². The van der Waals surface area contributed by atoms with Crippen molar-refractivity contribution in [2.45, 2.75) is 239 Å². The third-order valence-corrected chi connectivity index (χ3v) is 11.0. The molecule has 0 saturated carbocycles. The number of ether oxygens (including phenoxy) is 3. The highest BCUT2D eigenvalue weighted by Gasteiger charge is 2.19. The van der Waals surface area contributed by atoms with Crippen LogP contribution in [0.3, 0.4) is 0 Å². The van der Waals surface area contributed by atoms with E-state index in [9.17, 15) is 14.4 Å². The van der Waals surface area contributed by atoms with Gasteiger partial charge in [0.05, 0.1) is 0 Å². The molecule has 0 N–H and O–H groups in total. The van der Waals surface area contributed by atoms with Crippen LogP contribution in [0.5, 0.6) is 0 Å². The molecule has 0 rings (SSSR count). The van der Waals surface area contributed by atoms with Crippen molar-refractivity contribution in [3.05, 3.63) is 109 Å². The summed E-state index contributed by atoms with van der Waals surface area (Å²) in [6.45, 7) is 6.32. The first-order valence-corrected chi connectivity index (χ1v) is 26.9. The summed E-state index contributed by atoms with van der Waals surface area (Å²) < 4.78 is 16.7. The Bertz CT molecular complexity index is 1370. The van der Waals surface area contributed by atoms with Crippen LogP contribution < -0.4 is 0 Å². The minimum absolute atomic E-state index is 0.117. The summed E-state index contributed by atoms with van der Waals surface area (Å²) >= 11 is 0. The molecule has 66 heavy (non-hydrogen) atoms. The Hall–Kier alpha value is -3.93. The SMILES string of the molecule is CC/C=C\C/C=C\C/C=C\C/C=C\C/C=C\CCCCCC(=O)OCC(COC(=O)CC/C=C\C/C=C\C/C=C\C/C=C\CC)OC(=O)CCCCCCCCCCCCCCCCCC. The van der Waals surface area contributed by atoms with E-state index in [2.05, 4.69) is 118 Å². The number of allylic oxidation sites excluding steroid dienone is 18. The predicted molar refractivity (Wildman–Crippen MR) is 283 cm³/mol. The van der Waals surface area contributed by atoms with Gasteiger partial charge in [0.15, 0.2) is 6.10 Å². The van der Waals surface area contributed by atoms with Crippen LogP contribution in [0.4, 0.5) is 0 Å². The minimum atomic E-state index is -0.820. The molecule has 0 aliphatic rings. The Morgan fingerprint density at radius 1 is 0.318 bits per heavy atom. The fourth-order valence-electron chi connectivity index (χ4n) is 7.07. The van der Waals surface area contributed by atoms with Crippen molar-refractivity contribution in [1.82, 2.24) is 0 Å². The Labute approximate surface area is 406 Å². The van der Waals surface area contributed by atoms with Gasteiger partial charge in [-0.2, -0.15) is 0 Å². The normalized spacial score (nSPS) is 13.0. The van der Waals surface area contributed by atoms with Gasteiger partial charge >= 0.3 is 17.9 Å². The zero-order valence-corrected chi connectivity index (χ0v) is 42.7. The number of hydrogen-bond acceptors (Lipinski definition) is 6. The fourth-order valence-corrected chi connectivity index (χ4v) is 7.07. The fraction of sp³-hybridized carbons (Fsp3) is 0.650. The quantitative estimate of drug-likeness (QED) is 0.0262. The summed E-state index contributed by atoms with van der Waals surface area (Å²) in [6, 6.07) is 0. The number of carbonyl (C=O) groups is 3. The van der Waals surface area contributed by atoms with Crippen molar-refractivity contribution in [2.24, 2.45) is 0 Å². The number of carbonyl (C=O) groups excluding carboxylic acids is 3. The Kier molecular flexibility index (Phi) is 50.5. The number of hydrogen-bond donors (Lipinski definition) is 0. The van der Waals surface area contributed by atoms with Gasteiger partial charge in [-0.15, -0.1) is 0 Å². The van der Waals surface area contributed by atoms with Crippen molar-refractivity contribution in [3.63, 3.8) is 0 Å². The summed E-state index contributed by atoms with van der Waals surface area (Å²) in [4.78, 5) is 38.0. The standard InChI is InChI=1S/C60H98O6/c1-4-7-10-13-16-19-22-25-27-29-30-31-33-35-38-41-44-47-50-53-59(62)65-56-57(55-64-58(61)52-49-46-43-40-37-34-24-21-18-15-12-9-6-3)66-60(63)54-51-48-45-42-39-36-32-28-26-23-20-17-14-11-8-5-2/h7,9-10,12,16,18-19,21,25,27,30-31,34-35,37-38,43,46,57H,4-6,8,11,13-15,17,20,22-24,26,28-29,32-33,36,39-42,44-45,47-56H2,1-3H3/b10-7-,12-9-,19-16-,21-18-,27-25-,31-30-,37-34-,38-35-,46-43-. The summed E-state index contributed by atoms with van der Waals surface area (Å²) in [7, 11) is 0. The van der Waals surface area contributed by atoms with Crippen LogP contribution in [-0.2, 0) is 28.6 Å². The Morgan fingerprint density at radius 2 is 0.621 bits per heavy atom. The molecule has 6 nitrogen and oxygen atoms in total. The molecule has 0 amide bonds. The third-order valence-electron chi connectivity index (χ3n) is 11.0. The van der Waals surface area contributed by atoms with Gasteiger partial charge in [-0.3, -0.25) is 14.4 Å². The molecule has 0 radical (unpaired) electrons. The molecule has 0 saturated heterocycles. The molecule has 0 aromatic rings. The van der Waals surface area contributed by atoms with E-state index in [4.69, 9.17) is 14.2 Å². The largest absolute Gasteiger partial charge is 0.462 e. The second kappa shape index (κ2) is 53.7. The maximum atomic E-state index is 12.8. The predicted octanol–water partition coefficient (Wildman–Crippen LogP) is 17.9. The molecular weight excluding hydrogens is 817 g/mol. The lowest BCUT2D eigenvalue weighted by Gasteiger charge is -2.18. The van der Waals surface area contributed by atoms with Crippen molar-refractivity contribution in [1.29, 1.82) is 0 Å². The molecule has 0 heterocycles. The highest BCUT2D eigenvalue weighted by Crippen LogP contribution is 2.15. The topological polar surface area (TPSA) is 78.9 Å². The maximum absolute atomic E-state index is 12.8. The van der Waals surface area contributed by atoms with E-state index in [1.807, 2.05) is 12.2 Å². The molecule has 0 spiro atoms. The zero-order chi connectivity index (χ0) is 47.9. The molecule has 1 atom stereocenters. The Morgan fingerprint density at radius 3 is 1.02 bits per heavy atom. The molecule has 6 heteroatoms. The zero-order valence-electron chi connectivity index (χ0n) is 42.7. The molecule has 0 aliphatic carbocycles. The Balaban J connectivity index is 4.51. The van der Waals surface area contributed by atoms with E-state index < -0.39 is 6.10 Å². The first-order valence-electron chi connectivity index (χ1n) is 26.9. The molecule has 1 unspecified atom stereocenters. The first kappa shape index (κ1) is 62.1. The van der Waals surface area contributed by atoms with E-state index in [0.717, 1.165) is 103 Å². The summed E-state index contributed by atoms with van der Waals surface area (Å²) in [5.74, 6) is -1.03. The third kappa shape index (κ3) is 51.1. The van der Waals surface area contributed by atoms with Crippen LogP contribution in [0.2, 0.25) is 0 Å². The average Bonchev–Trinajstić information content (AvgIpc) is 3.31. The number of esters is 3. The lowest BCUT2D eigenvalue weighted by Crippen LogP contribution is -2.30. The van der Waals surface area contributed by atoms with Gasteiger partial charge in [0.1, 0.15) is 13.2 Å². The van der Waals surface area contributed by atoms with Gasteiger partial charge in [-0.25, -0.2) is 0 Å². The molecule has 0 bridgehead atoms. The van der Waals surface area contributed by atoms with Crippen LogP contribution in [0.15, 0.2) is 109 Å². The van der Waals surface area contributed by atoms with Crippen LogP contribution in [0.25, 0.3) is 0 Å². The van der Waals surface area contributed by atoms with Crippen molar-refractivity contribution in [2.75, 3.05) is 13.2 Å². The highest BCUT2D eigenvalue weighted by molar-refractivity contribution is 5.71. The van der Waals surface area contributed by atoms with E-state index in [0.29, 0.717) is 19.3 Å². The van der Waals surface area contributed by atoms with E-state index >= 15 is 0 Å². The maximum Gasteiger partial charge on any atom is 0.306 e. The van der Waals surface area contributed by atoms with Crippen LogP contribution >= 0.6 is 0 Å². The van der Waals surface area contributed by atoms with Crippen LogP contribution in [0.1, 0.15) is 233 Å². The highest BCUT2D eigenvalue weighted by atomic mass is 16.6. The second-order valence-corrected chi connectivity index (χ2v) is 17.4. The van der Waals surface area contributed by atoms with Gasteiger partial charge in [-0.1, -0.05) is 233 Å². The minimum Gasteiger partial charge on any atom is -0.462 e. The molecule has 0 aromatic carbocycles. The first-order chi connectivity index (χ1) is 32.5. The van der Waals surface area contributed by atoms with Gasteiger partial charge in [-0.05, 0) is 89.9 Å². The molecular formula is C60H98O6. The second-order valence-electron chi connectivity index (χ2n) is 17.4. The monoisotopic (exact) mass is 915 g/mol. The molecule has 0 fully saturated rings. The van der Waals surface area contributed by atoms with Gasteiger partial charge in [0.25, 0.3) is 0 Å². The van der Waals surface area contributed by atoms with Gasteiger partial charge < -0.3 is 14.2 Å². The molecule has 374 valence electrons. The van der Waals surface area contributed by atoms with E-state index in [-0.39, 0.29) is 37.5 Å². The summed E-state index contributed by atoms with van der Waals surface area (Å²) in [5, 5.41) is 0. The van der Waals surface area contributed by atoms with Crippen LogP contribution in [-0.4, -0.2) is 37.2 Å². The van der Waals surface area contributed by atoms with Crippen molar-refractivity contribution >= 4 is 17.9 Å². The molecule has 0 aromatic heterocycles. The lowest BCUT2D eigenvalue weighted by molar-refractivity contribution is -0.166. The van der Waals surface area contributed by atoms with Crippen molar-refractivity contribution in [3.8, 4) is 0 Å². The van der Waals surface area contributed by atoms with Crippen LogP contribution in [0, 0.1) is 0 Å². The summed E-state index contributed by atoms with van der Waals surface area (Å²) in [6.07, 6.45) is 72.3. The van der Waals surface area contributed by atoms with E-state index in [1.165, 1.54) is 83.5 Å².